The number of nitrogens with zero attached hydrogens (tertiary/aromatic N) is 1. The third kappa shape index (κ3) is 1.50. The van der Waals surface area contributed by atoms with Crippen LogP contribution in [-0.4, -0.2) is 13.6 Å². The van der Waals surface area contributed by atoms with Gasteiger partial charge in [0.05, 0.1) is 0 Å². The molecular weight excluding hydrogens is 122 g/mol. The Balaban J connectivity index is 2.75. The van der Waals surface area contributed by atoms with Crippen LogP contribution >= 0.6 is 0 Å². The molecule has 0 bridgehead atoms. The summed E-state index contributed by atoms with van der Waals surface area (Å²) in [4.78, 5) is 2.15. The molecule has 0 N–H and O–H groups in total. The van der Waals surface area contributed by atoms with Gasteiger partial charge >= 0.3 is 0 Å². The molecule has 1 aromatic rings. The molecule has 10 heavy (non-hydrogen) atoms. The third-order valence-electron chi connectivity index (χ3n) is 1.58. The predicted molar refractivity (Wildman–Crippen MR) is 44.2 cm³/mol. The van der Waals surface area contributed by atoms with Gasteiger partial charge in [0, 0.05) is 25.3 Å². The zero-order chi connectivity index (χ0) is 7.40. The molecule has 1 rings (SSSR count). The Labute approximate surface area is 62.3 Å². The minimum atomic E-state index is 1.03. The van der Waals surface area contributed by atoms with Gasteiger partial charge in [-0.05, 0) is 13.0 Å². The maximum atomic E-state index is 3.14. The second-order valence-electron chi connectivity index (χ2n) is 2.26. The highest BCUT2D eigenvalue weighted by molar-refractivity contribution is 5.43. The molecular formula is C9H12N. The summed E-state index contributed by atoms with van der Waals surface area (Å²) in [7, 11) is 2.06. The zero-order valence-corrected chi connectivity index (χ0v) is 6.46. The maximum absolute atomic E-state index is 3.14. The van der Waals surface area contributed by atoms with Crippen molar-refractivity contribution in [3.8, 4) is 0 Å². The summed E-state index contributed by atoms with van der Waals surface area (Å²) in [5.74, 6) is 0. The first-order chi connectivity index (χ1) is 4.84. The molecule has 0 aliphatic carbocycles. The van der Waals surface area contributed by atoms with Crippen molar-refractivity contribution in [2.24, 2.45) is 0 Å². The minimum absolute atomic E-state index is 1.03. The van der Waals surface area contributed by atoms with Crippen molar-refractivity contribution in [1.29, 1.82) is 0 Å². The molecule has 1 radical (unpaired) electrons. The van der Waals surface area contributed by atoms with E-state index in [0.717, 1.165) is 12.2 Å². The Hall–Kier alpha value is -0.980. The van der Waals surface area contributed by atoms with Crippen LogP contribution in [0.2, 0.25) is 0 Å². The quantitative estimate of drug-likeness (QED) is 0.597. The van der Waals surface area contributed by atoms with Crippen molar-refractivity contribution in [3.05, 3.63) is 30.3 Å². The summed E-state index contributed by atoms with van der Waals surface area (Å²) in [6.45, 7) is 3.15. The minimum Gasteiger partial charge on any atom is -0.374 e. The average molecular weight is 134 g/mol. The van der Waals surface area contributed by atoms with E-state index in [2.05, 4.69) is 31.0 Å². The maximum Gasteiger partial charge on any atom is 0.0443 e. The largest absolute Gasteiger partial charge is 0.374 e. The Morgan fingerprint density at radius 3 is 2.80 bits per heavy atom. The van der Waals surface area contributed by atoms with Gasteiger partial charge in [0.25, 0.3) is 0 Å². The van der Waals surface area contributed by atoms with Gasteiger partial charge in [-0.3, -0.25) is 0 Å². The van der Waals surface area contributed by atoms with E-state index in [1.165, 1.54) is 0 Å². The Morgan fingerprint density at radius 1 is 1.50 bits per heavy atom. The zero-order valence-electron chi connectivity index (χ0n) is 6.46. The highest BCUT2D eigenvalue weighted by atomic mass is 15.1. The number of para-hydroxylation sites is 1. The molecule has 0 aliphatic heterocycles. The Bertz CT molecular complexity index is 181. The number of anilines is 1. The van der Waals surface area contributed by atoms with Crippen LogP contribution < -0.4 is 4.90 Å². The predicted octanol–water partition coefficient (Wildman–Crippen LogP) is 1.94. The second kappa shape index (κ2) is 3.25. The lowest BCUT2D eigenvalue weighted by atomic mass is 10.3. The molecule has 0 amide bonds. The van der Waals surface area contributed by atoms with Gasteiger partial charge in [-0.1, -0.05) is 18.2 Å². The average Bonchev–Trinajstić information content (AvgIpc) is 2.05. The summed E-state index contributed by atoms with van der Waals surface area (Å²) in [6.07, 6.45) is 0. The standard InChI is InChI=1S/C9H12N/c1-3-10(2)9-7-5-4-6-8-9/h4-7H,3H2,1-2H3. The molecule has 0 fully saturated rings. The van der Waals surface area contributed by atoms with Crippen LogP contribution in [0.5, 0.6) is 0 Å². The van der Waals surface area contributed by atoms with E-state index >= 15 is 0 Å². The van der Waals surface area contributed by atoms with Crippen LogP contribution in [0.25, 0.3) is 0 Å². The van der Waals surface area contributed by atoms with E-state index in [0.29, 0.717) is 0 Å². The number of hydrogen-bond donors (Lipinski definition) is 0. The molecule has 0 unspecified atom stereocenters. The van der Waals surface area contributed by atoms with Crippen molar-refractivity contribution >= 4 is 5.69 Å². The van der Waals surface area contributed by atoms with Crippen LogP contribution in [-0.2, 0) is 0 Å². The molecule has 0 aliphatic rings. The van der Waals surface area contributed by atoms with Crippen LogP contribution in [0.3, 0.4) is 0 Å². The van der Waals surface area contributed by atoms with Gasteiger partial charge < -0.3 is 4.90 Å². The molecule has 1 heteroatoms. The highest BCUT2D eigenvalue weighted by Gasteiger charge is 1.93. The smallest absolute Gasteiger partial charge is 0.0443 e. The molecule has 0 atom stereocenters. The molecule has 0 saturated carbocycles. The van der Waals surface area contributed by atoms with E-state index < -0.39 is 0 Å². The van der Waals surface area contributed by atoms with Crippen molar-refractivity contribution in [1.82, 2.24) is 0 Å². The van der Waals surface area contributed by atoms with Gasteiger partial charge in [0.2, 0.25) is 0 Å². The van der Waals surface area contributed by atoms with Gasteiger partial charge in [-0.25, -0.2) is 0 Å². The number of hydrogen-bond acceptors (Lipinski definition) is 1. The van der Waals surface area contributed by atoms with Crippen LogP contribution in [0.15, 0.2) is 24.3 Å². The van der Waals surface area contributed by atoms with Crippen LogP contribution in [0.1, 0.15) is 6.92 Å². The lowest BCUT2D eigenvalue weighted by Gasteiger charge is -2.15. The molecule has 0 saturated heterocycles. The number of benzene rings is 1. The van der Waals surface area contributed by atoms with E-state index in [4.69, 9.17) is 0 Å². The normalized spacial score (nSPS) is 9.40. The van der Waals surface area contributed by atoms with Crippen LogP contribution in [0.4, 0.5) is 5.69 Å². The molecule has 0 spiro atoms. The summed E-state index contributed by atoms with van der Waals surface area (Å²) in [5, 5.41) is 0. The van der Waals surface area contributed by atoms with Gasteiger partial charge in [0.1, 0.15) is 0 Å². The van der Waals surface area contributed by atoms with Crippen molar-refractivity contribution in [2.75, 3.05) is 18.5 Å². The van der Waals surface area contributed by atoms with Crippen molar-refractivity contribution in [2.45, 2.75) is 6.92 Å². The van der Waals surface area contributed by atoms with E-state index in [1.807, 2.05) is 18.2 Å². The summed E-state index contributed by atoms with van der Waals surface area (Å²) >= 11 is 0. The first-order valence-electron chi connectivity index (χ1n) is 3.52. The molecule has 0 aromatic heterocycles. The first kappa shape index (κ1) is 7.13. The van der Waals surface area contributed by atoms with Crippen molar-refractivity contribution in [3.63, 3.8) is 0 Å². The summed E-state index contributed by atoms with van der Waals surface area (Å²) in [5.41, 5.74) is 1.16. The van der Waals surface area contributed by atoms with Crippen molar-refractivity contribution < 1.29 is 0 Å². The van der Waals surface area contributed by atoms with E-state index in [-0.39, 0.29) is 0 Å². The molecule has 1 aromatic carbocycles. The van der Waals surface area contributed by atoms with Gasteiger partial charge in [-0.2, -0.15) is 0 Å². The highest BCUT2D eigenvalue weighted by Crippen LogP contribution is 2.08. The second-order valence-corrected chi connectivity index (χ2v) is 2.26. The lowest BCUT2D eigenvalue weighted by Crippen LogP contribution is -2.15. The fraction of sp³-hybridized carbons (Fsp3) is 0.333. The SMILES string of the molecule is CCN(C)c1[c]cccc1. The lowest BCUT2D eigenvalue weighted by molar-refractivity contribution is 0.967. The van der Waals surface area contributed by atoms with E-state index in [1.54, 1.807) is 0 Å². The fourth-order valence-corrected chi connectivity index (χ4v) is 0.792. The Kier molecular flexibility index (Phi) is 2.32. The van der Waals surface area contributed by atoms with Gasteiger partial charge in [0.15, 0.2) is 0 Å². The first-order valence-corrected chi connectivity index (χ1v) is 3.52. The van der Waals surface area contributed by atoms with Gasteiger partial charge in [-0.15, -0.1) is 0 Å². The topological polar surface area (TPSA) is 3.24 Å². The number of rotatable bonds is 2. The molecule has 1 nitrogen and oxygen atoms in total. The molecule has 0 heterocycles. The summed E-state index contributed by atoms with van der Waals surface area (Å²) < 4.78 is 0. The summed E-state index contributed by atoms with van der Waals surface area (Å²) in [6, 6.07) is 11.1. The Morgan fingerprint density at radius 2 is 2.30 bits per heavy atom. The fourth-order valence-electron chi connectivity index (χ4n) is 0.792. The monoisotopic (exact) mass is 134 g/mol. The van der Waals surface area contributed by atoms with E-state index in [9.17, 15) is 0 Å². The van der Waals surface area contributed by atoms with Crippen LogP contribution in [0, 0.1) is 6.07 Å². The third-order valence-corrected chi connectivity index (χ3v) is 1.58. The molecule has 53 valence electrons.